The number of aromatic amines is 1. The van der Waals surface area contributed by atoms with Crippen molar-refractivity contribution in [1.82, 2.24) is 9.97 Å². The summed E-state index contributed by atoms with van der Waals surface area (Å²) in [5.74, 6) is 0.115. The molecule has 0 spiro atoms. The fourth-order valence-electron chi connectivity index (χ4n) is 3.08. The molecule has 0 saturated carbocycles. The molecule has 3 N–H and O–H groups in total. The third kappa shape index (κ3) is 4.14. The maximum absolute atomic E-state index is 12.3. The highest BCUT2D eigenvalue weighted by Gasteiger charge is 2.31. The largest absolute Gasteiger partial charge is 0.573 e. The summed E-state index contributed by atoms with van der Waals surface area (Å²) in [4.78, 5) is 7.53. The zero-order valence-electron chi connectivity index (χ0n) is 15.1. The molecular formula is C20H14F3N3O3S. The first kappa shape index (κ1) is 19.9. The summed E-state index contributed by atoms with van der Waals surface area (Å²) in [5.41, 5.74) is 2.87. The van der Waals surface area contributed by atoms with Crippen LogP contribution < -0.4 is 9.88 Å². The van der Waals surface area contributed by atoms with Gasteiger partial charge in [-0.05, 0) is 48.0 Å². The highest BCUT2D eigenvalue weighted by molar-refractivity contribution is 7.89. The van der Waals surface area contributed by atoms with Crippen LogP contribution in [0.1, 0.15) is 0 Å². The third-order valence-corrected chi connectivity index (χ3v) is 5.32. The van der Waals surface area contributed by atoms with E-state index in [9.17, 15) is 21.6 Å². The van der Waals surface area contributed by atoms with Gasteiger partial charge in [-0.15, -0.1) is 13.2 Å². The lowest BCUT2D eigenvalue weighted by atomic mass is 10.1. The van der Waals surface area contributed by atoms with E-state index in [1.807, 2.05) is 0 Å². The molecule has 1 heterocycles. The number of imidazole rings is 1. The summed E-state index contributed by atoms with van der Waals surface area (Å²) in [7, 11) is -3.91. The van der Waals surface area contributed by atoms with Crippen molar-refractivity contribution in [2.75, 3.05) is 0 Å². The van der Waals surface area contributed by atoms with Crippen molar-refractivity contribution in [3.63, 3.8) is 0 Å². The minimum Gasteiger partial charge on any atom is -0.406 e. The highest BCUT2D eigenvalue weighted by atomic mass is 32.2. The highest BCUT2D eigenvalue weighted by Crippen LogP contribution is 2.31. The van der Waals surface area contributed by atoms with Crippen molar-refractivity contribution < 1.29 is 26.3 Å². The number of hydrogen-bond acceptors (Lipinski definition) is 4. The van der Waals surface area contributed by atoms with Crippen molar-refractivity contribution in [3.8, 4) is 28.3 Å². The number of primary sulfonamides is 1. The molecule has 0 aliphatic rings. The number of ether oxygens (including phenoxy) is 1. The molecule has 0 aliphatic heterocycles. The number of alkyl halides is 3. The molecule has 4 rings (SSSR count). The zero-order valence-corrected chi connectivity index (χ0v) is 16.0. The van der Waals surface area contributed by atoms with Crippen LogP contribution in [0.5, 0.6) is 5.75 Å². The van der Waals surface area contributed by atoms with Gasteiger partial charge in [0.15, 0.2) is 0 Å². The Labute approximate surface area is 169 Å². The Morgan fingerprint density at radius 3 is 2.27 bits per heavy atom. The van der Waals surface area contributed by atoms with E-state index in [-0.39, 0.29) is 10.6 Å². The van der Waals surface area contributed by atoms with E-state index in [1.54, 1.807) is 36.4 Å². The van der Waals surface area contributed by atoms with Crippen molar-refractivity contribution in [2.24, 2.45) is 5.14 Å². The van der Waals surface area contributed by atoms with E-state index < -0.39 is 16.4 Å². The second kappa shape index (κ2) is 7.15. The van der Waals surface area contributed by atoms with Gasteiger partial charge in [0.25, 0.3) is 0 Å². The van der Waals surface area contributed by atoms with E-state index in [0.29, 0.717) is 33.5 Å². The average molecular weight is 433 g/mol. The molecule has 0 radical (unpaired) electrons. The molecule has 3 aromatic carbocycles. The molecule has 30 heavy (non-hydrogen) atoms. The molecule has 0 unspecified atom stereocenters. The number of hydrogen-bond donors (Lipinski definition) is 2. The number of nitrogens with zero attached hydrogens (tertiary/aromatic N) is 1. The molecule has 0 aliphatic carbocycles. The van der Waals surface area contributed by atoms with E-state index >= 15 is 0 Å². The van der Waals surface area contributed by atoms with Crippen LogP contribution in [0.4, 0.5) is 13.2 Å². The molecule has 6 nitrogen and oxygen atoms in total. The van der Waals surface area contributed by atoms with Crippen LogP contribution in [-0.4, -0.2) is 24.7 Å². The number of benzene rings is 3. The fourth-order valence-corrected chi connectivity index (χ4v) is 3.84. The number of rotatable bonds is 4. The number of fused-ring (bicyclic) bond motifs is 1. The van der Waals surface area contributed by atoms with Crippen molar-refractivity contribution in [3.05, 3.63) is 66.7 Å². The molecule has 10 heteroatoms. The molecule has 0 amide bonds. The van der Waals surface area contributed by atoms with Crippen molar-refractivity contribution >= 4 is 21.1 Å². The van der Waals surface area contributed by atoms with Gasteiger partial charge >= 0.3 is 6.36 Å². The van der Waals surface area contributed by atoms with Crippen LogP contribution in [0.15, 0.2) is 71.6 Å². The number of nitrogens with one attached hydrogen (secondary N) is 1. The van der Waals surface area contributed by atoms with Gasteiger partial charge in [-0.1, -0.05) is 24.3 Å². The molecule has 154 valence electrons. The summed E-state index contributed by atoms with van der Waals surface area (Å²) in [6.07, 6.45) is -4.76. The second-order valence-corrected chi connectivity index (χ2v) is 7.96. The van der Waals surface area contributed by atoms with Gasteiger partial charge in [-0.2, -0.15) is 0 Å². The van der Waals surface area contributed by atoms with Crippen LogP contribution in [0.3, 0.4) is 0 Å². The van der Waals surface area contributed by atoms with Crippen LogP contribution in [0.25, 0.3) is 33.5 Å². The summed E-state index contributed by atoms with van der Waals surface area (Å²) < 4.78 is 64.5. The Morgan fingerprint density at radius 1 is 0.933 bits per heavy atom. The van der Waals surface area contributed by atoms with Gasteiger partial charge in [-0.25, -0.2) is 18.5 Å². The van der Waals surface area contributed by atoms with Gasteiger partial charge in [0.2, 0.25) is 10.0 Å². The number of sulfonamides is 1. The monoisotopic (exact) mass is 433 g/mol. The molecule has 0 atom stereocenters. The summed E-state index contributed by atoms with van der Waals surface area (Å²) in [6, 6.07) is 16.8. The Balaban J connectivity index is 1.71. The Kier molecular flexibility index (Phi) is 4.75. The molecule has 4 aromatic rings. The molecule has 0 saturated heterocycles. The average Bonchev–Trinajstić information content (AvgIpc) is 3.10. The predicted octanol–water partition coefficient (Wildman–Crippen LogP) is 4.44. The lowest BCUT2D eigenvalue weighted by Gasteiger charge is -2.08. The van der Waals surface area contributed by atoms with E-state index in [1.165, 1.54) is 30.3 Å². The normalized spacial score (nSPS) is 12.3. The summed E-state index contributed by atoms with van der Waals surface area (Å²) in [5, 5.41) is 5.31. The lowest BCUT2D eigenvalue weighted by molar-refractivity contribution is -0.274. The maximum atomic E-state index is 12.3. The first-order chi connectivity index (χ1) is 14.1. The maximum Gasteiger partial charge on any atom is 0.573 e. The molecule has 0 fully saturated rings. The van der Waals surface area contributed by atoms with Crippen LogP contribution in [-0.2, 0) is 10.0 Å². The Bertz CT molecular complexity index is 1330. The number of nitrogens with two attached hydrogens (primary N) is 1. The molecule has 0 bridgehead atoms. The quantitative estimate of drug-likeness (QED) is 0.497. The van der Waals surface area contributed by atoms with Gasteiger partial charge in [0, 0.05) is 11.1 Å². The van der Waals surface area contributed by atoms with E-state index in [2.05, 4.69) is 14.7 Å². The van der Waals surface area contributed by atoms with Gasteiger partial charge in [-0.3, -0.25) is 0 Å². The predicted molar refractivity (Wildman–Crippen MR) is 105 cm³/mol. The van der Waals surface area contributed by atoms with Crippen molar-refractivity contribution in [1.29, 1.82) is 0 Å². The van der Waals surface area contributed by atoms with E-state index in [4.69, 9.17) is 5.14 Å². The fraction of sp³-hybridized carbons (Fsp3) is 0.0500. The summed E-state index contributed by atoms with van der Waals surface area (Å²) >= 11 is 0. The smallest absolute Gasteiger partial charge is 0.406 e. The zero-order chi connectivity index (χ0) is 21.5. The standard InChI is InChI=1S/C20H14F3N3O3S/c21-20(22,23)29-14-8-5-12(6-9-14)19-25-16-10-7-13(11-17(16)26-19)15-3-1-2-4-18(15)30(24,27)28/h1-11H,(H,25,26)(H2,24,27,28). The topological polar surface area (TPSA) is 98.1 Å². The van der Waals surface area contributed by atoms with Gasteiger partial charge in [0.05, 0.1) is 15.9 Å². The summed E-state index contributed by atoms with van der Waals surface area (Å²) in [6.45, 7) is 0. The number of H-pyrrole nitrogens is 1. The lowest BCUT2D eigenvalue weighted by Crippen LogP contribution is -2.16. The first-order valence-corrected chi connectivity index (χ1v) is 10.1. The van der Waals surface area contributed by atoms with Crippen LogP contribution >= 0.6 is 0 Å². The van der Waals surface area contributed by atoms with Gasteiger partial charge in [0.1, 0.15) is 11.6 Å². The second-order valence-electron chi connectivity index (χ2n) is 6.43. The van der Waals surface area contributed by atoms with Crippen LogP contribution in [0, 0.1) is 0 Å². The Morgan fingerprint density at radius 2 is 1.60 bits per heavy atom. The third-order valence-electron chi connectivity index (χ3n) is 4.35. The first-order valence-electron chi connectivity index (χ1n) is 8.58. The molecular weight excluding hydrogens is 419 g/mol. The van der Waals surface area contributed by atoms with Crippen LogP contribution in [0.2, 0.25) is 0 Å². The minimum atomic E-state index is -4.76. The SMILES string of the molecule is NS(=O)(=O)c1ccccc1-c1ccc2nc(-c3ccc(OC(F)(F)F)cc3)[nH]c2c1. The Hall–Kier alpha value is -3.37. The van der Waals surface area contributed by atoms with Gasteiger partial charge < -0.3 is 9.72 Å². The van der Waals surface area contributed by atoms with Crippen molar-refractivity contribution in [2.45, 2.75) is 11.3 Å². The number of halogens is 3. The van der Waals surface area contributed by atoms with E-state index in [0.717, 1.165) is 0 Å². The number of aromatic nitrogens is 2. The minimum absolute atomic E-state index is 0.00402. The molecule has 1 aromatic heterocycles.